The molecule has 122 valence electrons. The molecule has 2 aromatic heterocycles. The van der Waals surface area contributed by atoms with Gasteiger partial charge in [0.05, 0.1) is 12.4 Å². The van der Waals surface area contributed by atoms with Crippen molar-refractivity contribution >= 4 is 17.7 Å². The molecule has 0 bridgehead atoms. The average molecular weight is 317 g/mol. The van der Waals surface area contributed by atoms with Crippen molar-refractivity contribution in [2.24, 2.45) is 0 Å². The molecule has 7 nitrogen and oxygen atoms in total. The van der Waals surface area contributed by atoms with Gasteiger partial charge >= 0.3 is 0 Å². The van der Waals surface area contributed by atoms with Crippen LogP contribution < -0.4 is 15.1 Å². The predicted molar refractivity (Wildman–Crippen MR) is 87.3 cm³/mol. The summed E-state index contributed by atoms with van der Waals surface area (Å²) in [5.74, 6) is 1.73. The van der Waals surface area contributed by atoms with Crippen molar-refractivity contribution in [2.45, 2.75) is 13.8 Å². The van der Waals surface area contributed by atoms with Crippen molar-refractivity contribution < 1.29 is 4.39 Å². The molecule has 2 aromatic rings. The number of anilines is 3. The van der Waals surface area contributed by atoms with E-state index in [0.717, 1.165) is 44.2 Å². The van der Waals surface area contributed by atoms with Crippen LogP contribution in [-0.4, -0.2) is 52.7 Å². The second kappa shape index (κ2) is 6.72. The number of rotatable bonds is 4. The number of nitrogens with zero attached hydrogens (tertiary/aromatic N) is 6. The topological polar surface area (TPSA) is 70.1 Å². The summed E-state index contributed by atoms with van der Waals surface area (Å²) in [4.78, 5) is 21.3. The third kappa shape index (κ3) is 3.64. The van der Waals surface area contributed by atoms with Crippen LogP contribution in [0.2, 0.25) is 0 Å². The van der Waals surface area contributed by atoms with Gasteiger partial charge in [-0.05, 0) is 13.8 Å². The maximum absolute atomic E-state index is 12.9. The van der Waals surface area contributed by atoms with Gasteiger partial charge in [-0.1, -0.05) is 0 Å². The molecule has 0 unspecified atom stereocenters. The maximum Gasteiger partial charge on any atom is 0.225 e. The second-order valence-corrected chi connectivity index (χ2v) is 5.40. The lowest BCUT2D eigenvalue weighted by molar-refractivity contribution is 0.601. The van der Waals surface area contributed by atoms with E-state index in [1.165, 1.54) is 12.4 Å². The minimum Gasteiger partial charge on any atom is -0.354 e. The van der Waals surface area contributed by atoms with Gasteiger partial charge in [0.15, 0.2) is 5.82 Å². The summed E-state index contributed by atoms with van der Waals surface area (Å²) in [7, 11) is 0. The standard InChI is InChI=1S/C15H20FN7/c1-3-17-14-20-11(2)8-13(21-14)22-4-6-23(7-5-22)15-18-9-12(16)10-19-15/h8-10H,3-7H2,1-2H3,(H,17,20,21). The van der Waals surface area contributed by atoms with Gasteiger partial charge in [-0.25, -0.2) is 19.3 Å². The first-order valence-electron chi connectivity index (χ1n) is 7.72. The molecule has 0 radical (unpaired) electrons. The van der Waals surface area contributed by atoms with Gasteiger partial charge in [0.1, 0.15) is 5.82 Å². The molecule has 0 amide bonds. The molecular weight excluding hydrogens is 297 g/mol. The summed E-state index contributed by atoms with van der Waals surface area (Å²) in [6, 6.07) is 1.99. The lowest BCUT2D eigenvalue weighted by Crippen LogP contribution is -2.47. The third-order valence-electron chi connectivity index (χ3n) is 3.67. The summed E-state index contributed by atoms with van der Waals surface area (Å²) in [5.41, 5.74) is 0.940. The van der Waals surface area contributed by atoms with Gasteiger partial charge in [0.2, 0.25) is 11.9 Å². The zero-order valence-electron chi connectivity index (χ0n) is 13.3. The highest BCUT2D eigenvalue weighted by molar-refractivity contribution is 5.46. The van der Waals surface area contributed by atoms with Gasteiger partial charge in [0, 0.05) is 44.5 Å². The minimum atomic E-state index is -0.417. The van der Waals surface area contributed by atoms with E-state index >= 15 is 0 Å². The van der Waals surface area contributed by atoms with E-state index in [1.54, 1.807) is 0 Å². The molecule has 1 N–H and O–H groups in total. The highest BCUT2D eigenvalue weighted by Crippen LogP contribution is 2.18. The van der Waals surface area contributed by atoms with Crippen molar-refractivity contribution in [3.63, 3.8) is 0 Å². The molecule has 3 heterocycles. The van der Waals surface area contributed by atoms with Crippen molar-refractivity contribution in [3.8, 4) is 0 Å². The summed E-state index contributed by atoms with van der Waals surface area (Å²) >= 11 is 0. The van der Waals surface area contributed by atoms with E-state index in [2.05, 4.69) is 35.1 Å². The molecule has 1 aliphatic rings. The summed E-state index contributed by atoms with van der Waals surface area (Å²) in [6.07, 6.45) is 2.40. The predicted octanol–water partition coefficient (Wildman–Crippen LogP) is 1.47. The average Bonchev–Trinajstić information content (AvgIpc) is 2.55. The first-order chi connectivity index (χ1) is 11.2. The van der Waals surface area contributed by atoms with E-state index in [-0.39, 0.29) is 0 Å². The Hall–Kier alpha value is -2.51. The number of piperazine rings is 1. The van der Waals surface area contributed by atoms with Gasteiger partial charge in [-0.3, -0.25) is 0 Å². The lowest BCUT2D eigenvalue weighted by atomic mass is 10.3. The summed E-state index contributed by atoms with van der Waals surface area (Å²) in [6.45, 7) is 7.93. The van der Waals surface area contributed by atoms with Crippen LogP contribution in [0.15, 0.2) is 18.5 Å². The second-order valence-electron chi connectivity index (χ2n) is 5.40. The summed E-state index contributed by atoms with van der Waals surface area (Å²) in [5, 5.41) is 3.15. The highest BCUT2D eigenvalue weighted by Gasteiger charge is 2.20. The Balaban J connectivity index is 1.68. The molecule has 0 atom stereocenters. The van der Waals surface area contributed by atoms with Gasteiger partial charge < -0.3 is 15.1 Å². The molecule has 1 fully saturated rings. The number of nitrogens with one attached hydrogen (secondary N) is 1. The molecule has 23 heavy (non-hydrogen) atoms. The van der Waals surface area contributed by atoms with Crippen molar-refractivity contribution in [2.75, 3.05) is 47.8 Å². The van der Waals surface area contributed by atoms with Crippen LogP contribution in [0.25, 0.3) is 0 Å². The number of halogens is 1. The zero-order chi connectivity index (χ0) is 16.2. The fraction of sp³-hybridized carbons (Fsp3) is 0.467. The van der Waals surface area contributed by atoms with E-state index < -0.39 is 5.82 Å². The Morgan fingerprint density at radius 1 is 1.09 bits per heavy atom. The largest absolute Gasteiger partial charge is 0.354 e. The molecule has 8 heteroatoms. The van der Waals surface area contributed by atoms with Gasteiger partial charge in [-0.15, -0.1) is 0 Å². The highest BCUT2D eigenvalue weighted by atomic mass is 19.1. The van der Waals surface area contributed by atoms with Crippen LogP contribution in [0, 0.1) is 12.7 Å². The van der Waals surface area contributed by atoms with Crippen LogP contribution in [0.3, 0.4) is 0 Å². The summed E-state index contributed by atoms with van der Waals surface area (Å²) < 4.78 is 12.9. The molecule has 0 aliphatic carbocycles. The molecular formula is C15H20FN7. The first kappa shape index (κ1) is 15.4. The zero-order valence-corrected chi connectivity index (χ0v) is 13.3. The third-order valence-corrected chi connectivity index (χ3v) is 3.67. The Morgan fingerprint density at radius 2 is 1.74 bits per heavy atom. The molecule has 0 spiro atoms. The molecule has 3 rings (SSSR count). The fourth-order valence-electron chi connectivity index (χ4n) is 2.56. The smallest absolute Gasteiger partial charge is 0.225 e. The van der Waals surface area contributed by atoms with Crippen LogP contribution in [-0.2, 0) is 0 Å². The fourth-order valence-corrected chi connectivity index (χ4v) is 2.56. The molecule has 0 aromatic carbocycles. The Morgan fingerprint density at radius 3 is 2.39 bits per heavy atom. The number of aryl methyl sites for hydroxylation is 1. The molecule has 1 aliphatic heterocycles. The Labute approximate surface area is 134 Å². The normalized spacial score (nSPS) is 14.9. The van der Waals surface area contributed by atoms with Crippen LogP contribution in [0.4, 0.5) is 22.1 Å². The minimum absolute atomic E-state index is 0.417. The van der Waals surface area contributed by atoms with E-state index in [4.69, 9.17) is 0 Å². The maximum atomic E-state index is 12.9. The van der Waals surface area contributed by atoms with E-state index in [0.29, 0.717) is 11.9 Å². The van der Waals surface area contributed by atoms with Crippen LogP contribution in [0.1, 0.15) is 12.6 Å². The Bertz CT molecular complexity index is 653. The van der Waals surface area contributed by atoms with Crippen LogP contribution in [0.5, 0.6) is 0 Å². The van der Waals surface area contributed by atoms with Crippen molar-refractivity contribution in [3.05, 3.63) is 30.0 Å². The Kier molecular flexibility index (Phi) is 4.50. The van der Waals surface area contributed by atoms with Crippen molar-refractivity contribution in [1.82, 2.24) is 19.9 Å². The number of hydrogen-bond acceptors (Lipinski definition) is 7. The number of aromatic nitrogens is 4. The van der Waals surface area contributed by atoms with E-state index in [1.807, 2.05) is 19.9 Å². The molecule has 0 saturated carbocycles. The van der Waals surface area contributed by atoms with Gasteiger partial charge in [-0.2, -0.15) is 4.98 Å². The first-order valence-corrected chi connectivity index (χ1v) is 7.72. The van der Waals surface area contributed by atoms with Gasteiger partial charge in [0.25, 0.3) is 0 Å². The van der Waals surface area contributed by atoms with Crippen molar-refractivity contribution in [1.29, 1.82) is 0 Å². The SMILES string of the molecule is CCNc1nc(C)cc(N2CCN(c3ncc(F)cn3)CC2)n1. The van der Waals surface area contributed by atoms with E-state index in [9.17, 15) is 4.39 Å². The number of hydrogen-bond donors (Lipinski definition) is 1. The quantitative estimate of drug-likeness (QED) is 0.915. The lowest BCUT2D eigenvalue weighted by Gasteiger charge is -2.35. The van der Waals surface area contributed by atoms with Crippen LogP contribution >= 0.6 is 0 Å². The molecule has 1 saturated heterocycles. The monoisotopic (exact) mass is 317 g/mol.